The molecule has 184 valence electrons. The molecule has 0 fully saturated rings. The van der Waals surface area contributed by atoms with Crippen LogP contribution in [0.25, 0.3) is 0 Å². The molecule has 0 saturated carbocycles. The second kappa shape index (κ2) is 9.79. The highest BCUT2D eigenvalue weighted by atomic mass is 16.3. The van der Waals surface area contributed by atoms with E-state index in [0.717, 1.165) is 40.8 Å². The van der Waals surface area contributed by atoms with Crippen molar-refractivity contribution in [2.24, 2.45) is 5.41 Å². The van der Waals surface area contributed by atoms with E-state index in [2.05, 4.69) is 28.4 Å². The van der Waals surface area contributed by atoms with Gasteiger partial charge in [0.15, 0.2) is 0 Å². The first-order chi connectivity index (χ1) is 15.9. The summed E-state index contributed by atoms with van der Waals surface area (Å²) in [7, 11) is 4.03. The van der Waals surface area contributed by atoms with Crippen molar-refractivity contribution in [3.63, 3.8) is 0 Å². The summed E-state index contributed by atoms with van der Waals surface area (Å²) in [5, 5.41) is 13.4. The zero-order valence-electron chi connectivity index (χ0n) is 21.9. The Kier molecular flexibility index (Phi) is 7.41. The average molecular weight is 466 g/mol. The largest absolute Gasteiger partial charge is 0.507 e. The predicted octanol–water partition coefficient (Wildman–Crippen LogP) is 4.88. The molecule has 0 aromatic heterocycles. The summed E-state index contributed by atoms with van der Waals surface area (Å²) >= 11 is 0. The molecule has 0 radical (unpaired) electrons. The molecule has 1 heterocycles. The fraction of sp³-hybridized carbons (Fsp3) is 0.500. The first kappa shape index (κ1) is 25.8. The van der Waals surface area contributed by atoms with E-state index in [1.54, 1.807) is 11.0 Å². The Bertz CT molecular complexity index is 1100. The standard InChI is InChI=1S/C28H39N3O3/c1-9-28(5,6)27(34)31-13-12-21-11-10-20(16-30(7)8)15-22(21)24(31)26(33)29-23-14-17(2)25(32)19(4)18(23)3/h10-11,14-15,24,32H,9,12-13,16H2,1-8H3,(H,29,33). The number of phenolic OH excluding ortho intramolecular Hbond substituents is 1. The Labute approximate surface area is 204 Å². The quantitative estimate of drug-likeness (QED) is 0.597. The number of fused-ring (bicyclic) bond motifs is 1. The maximum Gasteiger partial charge on any atom is 0.251 e. The molecule has 1 atom stereocenters. The van der Waals surface area contributed by atoms with Crippen molar-refractivity contribution in [1.29, 1.82) is 0 Å². The lowest BCUT2D eigenvalue weighted by molar-refractivity contribution is -0.147. The molecule has 2 amide bonds. The van der Waals surface area contributed by atoms with Crippen molar-refractivity contribution < 1.29 is 14.7 Å². The number of aromatic hydroxyl groups is 1. The minimum Gasteiger partial charge on any atom is -0.507 e. The molecule has 1 unspecified atom stereocenters. The van der Waals surface area contributed by atoms with Gasteiger partial charge in [-0.05, 0) is 87.2 Å². The highest BCUT2D eigenvalue weighted by Gasteiger charge is 2.41. The number of nitrogens with zero attached hydrogens (tertiary/aromatic N) is 2. The Morgan fingerprint density at radius 2 is 1.82 bits per heavy atom. The lowest BCUT2D eigenvalue weighted by Gasteiger charge is -2.40. The summed E-state index contributed by atoms with van der Waals surface area (Å²) in [5.41, 5.74) is 5.49. The zero-order chi connectivity index (χ0) is 25.4. The number of benzene rings is 2. The van der Waals surface area contributed by atoms with Crippen LogP contribution in [-0.2, 0) is 22.6 Å². The molecule has 1 aliphatic rings. The van der Waals surface area contributed by atoms with Crippen LogP contribution in [0.5, 0.6) is 5.75 Å². The van der Waals surface area contributed by atoms with Gasteiger partial charge in [0.05, 0.1) is 0 Å². The van der Waals surface area contributed by atoms with Crippen LogP contribution in [0.3, 0.4) is 0 Å². The van der Waals surface area contributed by atoms with Gasteiger partial charge in [0.2, 0.25) is 5.91 Å². The summed E-state index contributed by atoms with van der Waals surface area (Å²) in [5.74, 6) is 0.0118. The van der Waals surface area contributed by atoms with Crippen molar-refractivity contribution in [1.82, 2.24) is 9.80 Å². The molecule has 0 spiro atoms. The SMILES string of the molecule is CCC(C)(C)C(=O)N1CCc2ccc(CN(C)C)cc2C1C(=O)Nc1cc(C)c(O)c(C)c1C. The lowest BCUT2D eigenvalue weighted by atomic mass is 9.84. The molecule has 34 heavy (non-hydrogen) atoms. The third kappa shape index (κ3) is 4.97. The van der Waals surface area contributed by atoms with Crippen molar-refractivity contribution in [3.8, 4) is 5.75 Å². The molecule has 3 rings (SSSR count). The maximum absolute atomic E-state index is 13.9. The van der Waals surface area contributed by atoms with Crippen molar-refractivity contribution in [2.75, 3.05) is 26.0 Å². The first-order valence-electron chi connectivity index (χ1n) is 12.1. The Morgan fingerprint density at radius 3 is 2.44 bits per heavy atom. The van der Waals surface area contributed by atoms with Gasteiger partial charge in [-0.3, -0.25) is 9.59 Å². The van der Waals surface area contributed by atoms with E-state index >= 15 is 0 Å². The molecule has 0 saturated heterocycles. The smallest absolute Gasteiger partial charge is 0.251 e. The first-order valence-corrected chi connectivity index (χ1v) is 12.1. The predicted molar refractivity (Wildman–Crippen MR) is 137 cm³/mol. The van der Waals surface area contributed by atoms with Crippen molar-refractivity contribution >= 4 is 17.5 Å². The van der Waals surface area contributed by atoms with Crippen LogP contribution < -0.4 is 5.32 Å². The van der Waals surface area contributed by atoms with E-state index in [-0.39, 0.29) is 17.6 Å². The van der Waals surface area contributed by atoms with Crippen LogP contribution in [0, 0.1) is 26.2 Å². The molecule has 2 aromatic rings. The van der Waals surface area contributed by atoms with Gasteiger partial charge in [0.1, 0.15) is 11.8 Å². The minimum absolute atomic E-state index is 0.00592. The van der Waals surface area contributed by atoms with Gasteiger partial charge in [0.25, 0.3) is 5.91 Å². The van der Waals surface area contributed by atoms with Crippen LogP contribution in [0.2, 0.25) is 0 Å². The number of aryl methyl sites for hydroxylation is 1. The molecule has 2 aromatic carbocycles. The maximum atomic E-state index is 13.9. The number of rotatable bonds is 6. The average Bonchev–Trinajstić information content (AvgIpc) is 2.79. The molecular weight excluding hydrogens is 426 g/mol. The van der Waals surface area contributed by atoms with E-state index < -0.39 is 11.5 Å². The second-order valence-electron chi connectivity index (χ2n) is 10.5. The van der Waals surface area contributed by atoms with E-state index in [1.165, 1.54) is 0 Å². The van der Waals surface area contributed by atoms with Gasteiger partial charge in [-0.25, -0.2) is 0 Å². The number of amides is 2. The minimum atomic E-state index is -0.710. The van der Waals surface area contributed by atoms with Crippen molar-refractivity contribution in [2.45, 2.75) is 67.0 Å². The van der Waals surface area contributed by atoms with E-state index in [4.69, 9.17) is 0 Å². The third-order valence-corrected chi connectivity index (χ3v) is 7.22. The van der Waals surface area contributed by atoms with E-state index in [1.807, 2.05) is 55.6 Å². The zero-order valence-corrected chi connectivity index (χ0v) is 21.9. The lowest BCUT2D eigenvalue weighted by Crippen LogP contribution is -2.49. The Balaban J connectivity index is 2.08. The molecule has 6 heteroatoms. The van der Waals surface area contributed by atoms with Crippen molar-refractivity contribution in [3.05, 3.63) is 57.6 Å². The van der Waals surface area contributed by atoms with Gasteiger partial charge in [-0.1, -0.05) is 39.0 Å². The molecule has 1 aliphatic heterocycles. The third-order valence-electron chi connectivity index (χ3n) is 7.22. The molecular formula is C28H39N3O3. The fourth-order valence-electron chi connectivity index (χ4n) is 4.57. The van der Waals surface area contributed by atoms with Gasteiger partial charge < -0.3 is 20.2 Å². The summed E-state index contributed by atoms with van der Waals surface area (Å²) in [6.45, 7) is 12.7. The van der Waals surface area contributed by atoms with Crippen LogP contribution >= 0.6 is 0 Å². The fourth-order valence-corrected chi connectivity index (χ4v) is 4.57. The van der Waals surface area contributed by atoms with E-state index in [9.17, 15) is 14.7 Å². The highest BCUT2D eigenvalue weighted by molar-refractivity contribution is 5.99. The van der Waals surface area contributed by atoms with Crippen LogP contribution in [0.15, 0.2) is 24.3 Å². The monoisotopic (exact) mass is 465 g/mol. The normalized spacial score (nSPS) is 15.9. The summed E-state index contributed by atoms with van der Waals surface area (Å²) in [4.78, 5) is 31.3. The van der Waals surface area contributed by atoms with Crippen LogP contribution in [0.1, 0.15) is 66.6 Å². The number of anilines is 1. The van der Waals surface area contributed by atoms with E-state index in [0.29, 0.717) is 24.2 Å². The van der Waals surface area contributed by atoms with Gasteiger partial charge >= 0.3 is 0 Å². The Morgan fingerprint density at radius 1 is 1.15 bits per heavy atom. The van der Waals surface area contributed by atoms with Gasteiger partial charge in [-0.15, -0.1) is 0 Å². The van der Waals surface area contributed by atoms with Crippen LogP contribution in [-0.4, -0.2) is 47.4 Å². The number of carbonyl (C=O) groups excluding carboxylic acids is 2. The van der Waals surface area contributed by atoms with Gasteiger partial charge in [-0.2, -0.15) is 0 Å². The van der Waals surface area contributed by atoms with Gasteiger partial charge in [0, 0.05) is 24.2 Å². The topological polar surface area (TPSA) is 72.9 Å². The molecule has 6 nitrogen and oxygen atoms in total. The number of nitrogens with one attached hydrogen (secondary N) is 1. The molecule has 0 aliphatic carbocycles. The highest BCUT2D eigenvalue weighted by Crippen LogP contribution is 2.37. The number of phenols is 1. The summed E-state index contributed by atoms with van der Waals surface area (Å²) in [6, 6.07) is 7.37. The summed E-state index contributed by atoms with van der Waals surface area (Å²) in [6.07, 6.45) is 1.42. The number of carbonyl (C=O) groups is 2. The summed E-state index contributed by atoms with van der Waals surface area (Å²) < 4.78 is 0. The Hall–Kier alpha value is -2.86. The van der Waals surface area contributed by atoms with Crippen LogP contribution in [0.4, 0.5) is 5.69 Å². The second-order valence-corrected chi connectivity index (χ2v) is 10.5. The number of hydrogen-bond acceptors (Lipinski definition) is 4. The molecule has 0 bridgehead atoms. The number of hydrogen-bond donors (Lipinski definition) is 2. The molecule has 2 N–H and O–H groups in total.